The van der Waals surface area contributed by atoms with Crippen LogP contribution in [-0.4, -0.2) is 48.3 Å². The third kappa shape index (κ3) is 3.85. The second kappa shape index (κ2) is 8.20. The molecule has 1 amide bonds. The zero-order chi connectivity index (χ0) is 20.5. The third-order valence-electron chi connectivity index (χ3n) is 5.49. The number of halogens is 1. The number of carbonyl (C=O) groups is 1. The van der Waals surface area contributed by atoms with Crippen molar-refractivity contribution in [2.24, 2.45) is 0 Å². The van der Waals surface area contributed by atoms with Crippen molar-refractivity contribution in [2.75, 3.05) is 31.2 Å². The number of thiophene rings is 1. The van der Waals surface area contributed by atoms with Gasteiger partial charge in [0.25, 0.3) is 5.91 Å². The monoisotopic (exact) mass is 427 g/mol. The number of hydrogen-bond acceptors (Lipinski definition) is 6. The molecular weight excluding hydrogens is 405 g/mol. The summed E-state index contributed by atoms with van der Waals surface area (Å²) in [6.07, 6.45) is 2.00. The molecule has 1 aliphatic heterocycles. The van der Waals surface area contributed by atoms with Gasteiger partial charge >= 0.3 is 0 Å². The molecule has 8 heteroatoms. The maximum atomic E-state index is 13.5. The average molecular weight is 428 g/mol. The molecule has 30 heavy (non-hydrogen) atoms. The molecule has 0 unspecified atom stereocenters. The van der Waals surface area contributed by atoms with Gasteiger partial charge in [0.2, 0.25) is 5.88 Å². The van der Waals surface area contributed by atoms with E-state index in [2.05, 4.69) is 10.1 Å². The molecule has 3 heterocycles. The number of aromatic nitrogens is 1. The largest absolute Gasteiger partial charge is 0.378 e. The van der Waals surface area contributed by atoms with E-state index in [0.29, 0.717) is 44.4 Å². The van der Waals surface area contributed by atoms with Gasteiger partial charge in [-0.05, 0) is 48.6 Å². The molecular formula is C22H22FN3O3S. The second-order valence-corrected chi connectivity index (χ2v) is 8.51. The Morgan fingerprint density at radius 3 is 2.63 bits per heavy atom. The number of benzene rings is 1. The number of hydrogen-bond donors (Lipinski definition) is 0. The van der Waals surface area contributed by atoms with Crippen LogP contribution in [0.25, 0.3) is 11.3 Å². The molecule has 1 saturated carbocycles. The van der Waals surface area contributed by atoms with Gasteiger partial charge in [-0.3, -0.25) is 4.79 Å². The summed E-state index contributed by atoms with van der Waals surface area (Å²) in [6.45, 7) is 3.05. The van der Waals surface area contributed by atoms with Crippen LogP contribution in [0.5, 0.6) is 0 Å². The highest BCUT2D eigenvalue weighted by Crippen LogP contribution is 2.37. The van der Waals surface area contributed by atoms with Crippen LogP contribution in [0.2, 0.25) is 0 Å². The smallest absolute Gasteiger partial charge is 0.264 e. The van der Waals surface area contributed by atoms with Gasteiger partial charge in [-0.15, -0.1) is 11.3 Å². The van der Waals surface area contributed by atoms with Gasteiger partial charge in [0.05, 0.1) is 30.2 Å². The summed E-state index contributed by atoms with van der Waals surface area (Å²) in [5.74, 6) is 0.401. The minimum Gasteiger partial charge on any atom is -0.378 e. The molecule has 2 fully saturated rings. The molecule has 0 bridgehead atoms. The van der Waals surface area contributed by atoms with Crippen LogP contribution in [-0.2, 0) is 11.3 Å². The van der Waals surface area contributed by atoms with E-state index in [1.54, 1.807) is 12.1 Å². The van der Waals surface area contributed by atoms with Crippen molar-refractivity contribution in [2.45, 2.75) is 25.4 Å². The maximum Gasteiger partial charge on any atom is 0.264 e. The summed E-state index contributed by atoms with van der Waals surface area (Å²) >= 11 is 1.45. The standard InChI is InChI=1S/C22H22FN3O3S/c23-16-5-3-15(4-6-16)20-18(22(29-24-20)25-9-11-28-12-10-25)14-26(17-7-8-17)21(27)19-2-1-13-30-19/h1-6,13,17H,7-12,14H2. The Labute approximate surface area is 177 Å². The minimum atomic E-state index is -0.301. The zero-order valence-corrected chi connectivity index (χ0v) is 17.2. The Morgan fingerprint density at radius 1 is 1.20 bits per heavy atom. The van der Waals surface area contributed by atoms with Crippen molar-refractivity contribution in [1.29, 1.82) is 0 Å². The highest BCUT2D eigenvalue weighted by molar-refractivity contribution is 7.12. The van der Waals surface area contributed by atoms with Crippen LogP contribution in [0.1, 0.15) is 28.1 Å². The fourth-order valence-electron chi connectivity index (χ4n) is 3.76. The van der Waals surface area contributed by atoms with E-state index < -0.39 is 0 Å². The molecule has 6 nitrogen and oxygen atoms in total. The number of rotatable bonds is 6. The Hall–Kier alpha value is -2.71. The van der Waals surface area contributed by atoms with E-state index in [1.165, 1.54) is 23.5 Å². The van der Waals surface area contributed by atoms with E-state index in [0.717, 1.165) is 28.8 Å². The van der Waals surface area contributed by atoms with Crippen LogP contribution >= 0.6 is 11.3 Å². The lowest BCUT2D eigenvalue weighted by atomic mass is 10.1. The molecule has 2 aromatic heterocycles. The summed E-state index contributed by atoms with van der Waals surface area (Å²) in [7, 11) is 0. The maximum absolute atomic E-state index is 13.5. The topological polar surface area (TPSA) is 58.8 Å². The van der Waals surface area contributed by atoms with Gasteiger partial charge in [0, 0.05) is 24.7 Å². The number of amides is 1. The quantitative estimate of drug-likeness (QED) is 0.591. The Balaban J connectivity index is 1.53. The number of ether oxygens (including phenoxy) is 1. The fraction of sp³-hybridized carbons (Fsp3) is 0.364. The highest BCUT2D eigenvalue weighted by atomic mass is 32.1. The molecule has 1 aliphatic carbocycles. The van der Waals surface area contributed by atoms with E-state index in [4.69, 9.17) is 9.26 Å². The fourth-order valence-corrected chi connectivity index (χ4v) is 4.44. The molecule has 0 radical (unpaired) electrons. The zero-order valence-electron chi connectivity index (χ0n) is 16.4. The van der Waals surface area contributed by atoms with Crippen LogP contribution in [0.3, 0.4) is 0 Å². The van der Waals surface area contributed by atoms with Gasteiger partial charge in [0.1, 0.15) is 11.5 Å². The molecule has 2 aliphatic rings. The molecule has 156 valence electrons. The Kier molecular flexibility index (Phi) is 5.26. The third-order valence-corrected chi connectivity index (χ3v) is 6.35. The Bertz CT molecular complexity index is 1010. The van der Waals surface area contributed by atoms with E-state index >= 15 is 0 Å². The first-order valence-electron chi connectivity index (χ1n) is 10.1. The van der Waals surface area contributed by atoms with E-state index in [-0.39, 0.29) is 17.8 Å². The molecule has 1 saturated heterocycles. The Morgan fingerprint density at radius 2 is 1.97 bits per heavy atom. The molecule has 5 rings (SSSR count). The average Bonchev–Trinajstić information content (AvgIpc) is 3.30. The lowest BCUT2D eigenvalue weighted by Gasteiger charge is -2.28. The molecule has 0 N–H and O–H groups in total. The van der Waals surface area contributed by atoms with Crippen molar-refractivity contribution >= 4 is 23.1 Å². The van der Waals surface area contributed by atoms with Crippen molar-refractivity contribution in [1.82, 2.24) is 10.1 Å². The molecule has 1 aromatic carbocycles. The van der Waals surface area contributed by atoms with Gasteiger partial charge in [-0.25, -0.2) is 4.39 Å². The summed E-state index contributed by atoms with van der Waals surface area (Å²) in [4.78, 5) is 18.0. The lowest BCUT2D eigenvalue weighted by Crippen LogP contribution is -2.37. The number of nitrogens with zero attached hydrogens (tertiary/aromatic N) is 3. The molecule has 3 aromatic rings. The van der Waals surface area contributed by atoms with Crippen molar-refractivity contribution < 1.29 is 18.4 Å². The van der Waals surface area contributed by atoms with Gasteiger partial charge in [-0.2, -0.15) is 0 Å². The van der Waals surface area contributed by atoms with Crippen LogP contribution in [0, 0.1) is 5.82 Å². The van der Waals surface area contributed by atoms with Crippen molar-refractivity contribution in [3.05, 3.63) is 58.0 Å². The lowest BCUT2D eigenvalue weighted by molar-refractivity contribution is 0.0734. The second-order valence-electron chi connectivity index (χ2n) is 7.56. The van der Waals surface area contributed by atoms with E-state index in [9.17, 15) is 9.18 Å². The predicted octanol–water partition coefficient (Wildman–Crippen LogP) is 4.18. The summed E-state index contributed by atoms with van der Waals surface area (Å²) in [5, 5.41) is 6.25. The highest BCUT2D eigenvalue weighted by Gasteiger charge is 2.36. The first-order valence-corrected chi connectivity index (χ1v) is 11.0. The van der Waals surface area contributed by atoms with E-state index in [1.807, 2.05) is 22.4 Å². The summed E-state index contributed by atoms with van der Waals surface area (Å²) < 4.78 is 24.7. The first kappa shape index (κ1) is 19.3. The number of carbonyl (C=O) groups excluding carboxylic acids is 1. The van der Waals surface area contributed by atoms with Crippen molar-refractivity contribution in [3.8, 4) is 11.3 Å². The molecule has 0 spiro atoms. The normalized spacial score (nSPS) is 16.6. The number of morpholine rings is 1. The molecule has 0 atom stereocenters. The number of anilines is 1. The summed E-state index contributed by atoms with van der Waals surface area (Å²) in [5.41, 5.74) is 2.29. The van der Waals surface area contributed by atoms with Gasteiger partial charge < -0.3 is 19.1 Å². The van der Waals surface area contributed by atoms with Crippen LogP contribution in [0.4, 0.5) is 10.3 Å². The summed E-state index contributed by atoms with van der Waals surface area (Å²) in [6, 6.07) is 10.2. The van der Waals surface area contributed by atoms with Gasteiger partial charge in [0.15, 0.2) is 0 Å². The van der Waals surface area contributed by atoms with Crippen LogP contribution < -0.4 is 4.90 Å². The van der Waals surface area contributed by atoms with Crippen LogP contribution in [0.15, 0.2) is 46.3 Å². The minimum absolute atomic E-state index is 0.0340. The van der Waals surface area contributed by atoms with Crippen molar-refractivity contribution in [3.63, 3.8) is 0 Å². The first-order chi connectivity index (χ1) is 14.7. The predicted molar refractivity (Wildman–Crippen MR) is 112 cm³/mol. The SMILES string of the molecule is O=C(c1cccs1)N(Cc1c(-c2ccc(F)cc2)noc1N1CCOCC1)C1CC1. The van der Waals surface area contributed by atoms with Gasteiger partial charge in [-0.1, -0.05) is 11.2 Å².